The van der Waals surface area contributed by atoms with Crippen molar-refractivity contribution in [2.75, 3.05) is 5.75 Å². The van der Waals surface area contributed by atoms with Gasteiger partial charge in [0.2, 0.25) is 0 Å². The number of fused-ring (bicyclic) bond motifs is 1. The molecule has 1 aromatic heterocycles. The van der Waals surface area contributed by atoms with E-state index in [4.69, 9.17) is 5.73 Å². The van der Waals surface area contributed by atoms with Gasteiger partial charge >= 0.3 is 0 Å². The number of nitrogens with two attached hydrogens (primary N) is 1. The van der Waals surface area contributed by atoms with Gasteiger partial charge in [0, 0.05) is 34.1 Å². The predicted octanol–water partition coefficient (Wildman–Crippen LogP) is 2.28. The van der Waals surface area contributed by atoms with Crippen LogP contribution in [0, 0.1) is 0 Å². The molecule has 1 fully saturated rings. The van der Waals surface area contributed by atoms with Crippen molar-refractivity contribution in [1.82, 2.24) is 4.98 Å². The van der Waals surface area contributed by atoms with Crippen LogP contribution in [0.1, 0.15) is 10.8 Å². The first-order valence-electron chi connectivity index (χ1n) is 4.79. The molecule has 2 atom stereocenters. The van der Waals surface area contributed by atoms with Crippen LogP contribution in [0.2, 0.25) is 0 Å². The van der Waals surface area contributed by atoms with Crippen molar-refractivity contribution >= 4 is 22.7 Å². The molecule has 0 spiro atoms. The smallest absolute Gasteiger partial charge is 0.0478 e. The van der Waals surface area contributed by atoms with Gasteiger partial charge in [-0.1, -0.05) is 18.2 Å². The second kappa shape index (κ2) is 3.04. The summed E-state index contributed by atoms with van der Waals surface area (Å²) in [6.45, 7) is 0. The minimum absolute atomic E-state index is 0.333. The molecule has 3 rings (SSSR count). The summed E-state index contributed by atoms with van der Waals surface area (Å²) in [6.07, 6.45) is 2.10. The van der Waals surface area contributed by atoms with Crippen molar-refractivity contribution in [3.05, 3.63) is 36.0 Å². The molecule has 1 saturated heterocycles. The zero-order valence-electron chi connectivity index (χ0n) is 7.73. The number of aromatic nitrogens is 1. The molecule has 0 saturated carbocycles. The zero-order chi connectivity index (χ0) is 9.54. The van der Waals surface area contributed by atoms with Crippen LogP contribution in [-0.2, 0) is 0 Å². The fourth-order valence-electron chi connectivity index (χ4n) is 1.95. The van der Waals surface area contributed by atoms with E-state index in [0.717, 1.165) is 5.75 Å². The number of thioether (sulfide) groups is 1. The number of para-hydroxylation sites is 1. The van der Waals surface area contributed by atoms with Gasteiger partial charge in [-0.25, -0.2) is 0 Å². The number of H-pyrrole nitrogens is 1. The van der Waals surface area contributed by atoms with Crippen LogP contribution >= 0.6 is 11.8 Å². The van der Waals surface area contributed by atoms with Crippen molar-refractivity contribution in [2.45, 2.75) is 11.3 Å². The van der Waals surface area contributed by atoms with E-state index in [9.17, 15) is 0 Å². The number of aromatic amines is 1. The molecule has 0 radical (unpaired) electrons. The zero-order valence-corrected chi connectivity index (χ0v) is 8.55. The highest BCUT2D eigenvalue weighted by atomic mass is 32.2. The van der Waals surface area contributed by atoms with Gasteiger partial charge in [0.05, 0.1) is 0 Å². The van der Waals surface area contributed by atoms with Gasteiger partial charge in [-0.05, 0) is 11.6 Å². The van der Waals surface area contributed by atoms with Gasteiger partial charge in [-0.15, -0.1) is 0 Å². The molecule has 2 unspecified atom stereocenters. The number of rotatable bonds is 1. The number of hydrogen-bond acceptors (Lipinski definition) is 2. The van der Waals surface area contributed by atoms with Crippen LogP contribution < -0.4 is 5.73 Å². The summed E-state index contributed by atoms with van der Waals surface area (Å²) < 4.78 is 0. The Kier molecular flexibility index (Phi) is 1.82. The van der Waals surface area contributed by atoms with Crippen LogP contribution in [0.3, 0.4) is 0 Å². The average molecular weight is 204 g/mol. The van der Waals surface area contributed by atoms with E-state index in [1.807, 2.05) is 11.8 Å². The molecule has 0 amide bonds. The normalized spacial score (nSPS) is 26.4. The van der Waals surface area contributed by atoms with Crippen LogP contribution in [0.15, 0.2) is 30.5 Å². The van der Waals surface area contributed by atoms with Gasteiger partial charge in [0.25, 0.3) is 0 Å². The van der Waals surface area contributed by atoms with E-state index in [-0.39, 0.29) is 0 Å². The lowest BCUT2D eigenvalue weighted by atomic mass is 10.1. The largest absolute Gasteiger partial charge is 0.361 e. The molecule has 72 valence electrons. The molecule has 3 N–H and O–H groups in total. The maximum Gasteiger partial charge on any atom is 0.0478 e. The number of hydrogen-bond donors (Lipinski definition) is 2. The lowest BCUT2D eigenvalue weighted by Gasteiger charge is -2.32. The quantitative estimate of drug-likeness (QED) is 0.748. The lowest BCUT2D eigenvalue weighted by Crippen LogP contribution is -2.37. The SMILES string of the molecule is NC1CSC1c1c[nH]c2ccccc12. The Balaban J connectivity index is 2.12. The maximum absolute atomic E-state index is 5.97. The Morgan fingerprint density at radius 3 is 2.93 bits per heavy atom. The standard InChI is InChI=1S/C11H12N2S/c12-9-6-14-11(9)8-5-13-10-4-2-1-3-7(8)10/h1-5,9,11,13H,6,12H2. The minimum Gasteiger partial charge on any atom is -0.361 e. The first kappa shape index (κ1) is 8.38. The fourth-order valence-corrected chi connectivity index (χ4v) is 2.94. The van der Waals surface area contributed by atoms with Gasteiger partial charge < -0.3 is 10.7 Å². The molecular weight excluding hydrogens is 192 g/mol. The molecule has 14 heavy (non-hydrogen) atoms. The van der Waals surface area contributed by atoms with Crippen LogP contribution in [0.25, 0.3) is 10.9 Å². The average Bonchev–Trinajstić information content (AvgIpc) is 2.60. The number of nitrogens with one attached hydrogen (secondary N) is 1. The molecule has 1 aliphatic heterocycles. The van der Waals surface area contributed by atoms with E-state index < -0.39 is 0 Å². The summed E-state index contributed by atoms with van der Waals surface area (Å²) in [5.41, 5.74) is 8.55. The molecule has 0 bridgehead atoms. The molecular formula is C11H12N2S. The van der Waals surface area contributed by atoms with Crippen molar-refractivity contribution in [3.8, 4) is 0 Å². The summed E-state index contributed by atoms with van der Waals surface area (Å²) in [5, 5.41) is 1.81. The summed E-state index contributed by atoms with van der Waals surface area (Å²) in [7, 11) is 0. The van der Waals surface area contributed by atoms with Crippen molar-refractivity contribution < 1.29 is 0 Å². The third-order valence-corrected chi connectivity index (χ3v) is 4.32. The molecule has 3 heteroatoms. The second-order valence-electron chi connectivity index (χ2n) is 3.71. The van der Waals surface area contributed by atoms with Gasteiger partial charge in [-0.3, -0.25) is 0 Å². The Labute approximate surface area is 86.9 Å². The van der Waals surface area contributed by atoms with E-state index in [1.165, 1.54) is 16.5 Å². The molecule has 2 heterocycles. The van der Waals surface area contributed by atoms with Crippen molar-refractivity contribution in [2.24, 2.45) is 5.73 Å². The van der Waals surface area contributed by atoms with Crippen molar-refractivity contribution in [3.63, 3.8) is 0 Å². The molecule has 1 aliphatic rings. The Morgan fingerprint density at radius 1 is 1.36 bits per heavy atom. The predicted molar refractivity (Wildman–Crippen MR) is 61.5 cm³/mol. The van der Waals surface area contributed by atoms with E-state index in [1.54, 1.807) is 0 Å². The lowest BCUT2D eigenvalue weighted by molar-refractivity contribution is 0.690. The van der Waals surface area contributed by atoms with Gasteiger partial charge in [0.15, 0.2) is 0 Å². The summed E-state index contributed by atoms with van der Waals surface area (Å²) in [5.74, 6) is 1.09. The first-order chi connectivity index (χ1) is 6.86. The molecule has 2 nitrogen and oxygen atoms in total. The minimum atomic E-state index is 0.333. The summed E-state index contributed by atoms with van der Waals surface area (Å²) in [6, 6.07) is 8.73. The Morgan fingerprint density at radius 2 is 2.21 bits per heavy atom. The fraction of sp³-hybridized carbons (Fsp3) is 0.273. The molecule has 1 aromatic carbocycles. The van der Waals surface area contributed by atoms with Gasteiger partial charge in [-0.2, -0.15) is 11.8 Å². The van der Waals surface area contributed by atoms with Crippen LogP contribution in [0.5, 0.6) is 0 Å². The number of benzene rings is 1. The topological polar surface area (TPSA) is 41.8 Å². The van der Waals surface area contributed by atoms with Crippen molar-refractivity contribution in [1.29, 1.82) is 0 Å². The van der Waals surface area contributed by atoms with E-state index in [2.05, 4.69) is 35.4 Å². The third kappa shape index (κ3) is 1.09. The molecule has 0 aliphatic carbocycles. The van der Waals surface area contributed by atoms with Crippen LogP contribution in [-0.4, -0.2) is 16.8 Å². The maximum atomic E-state index is 5.97. The highest BCUT2D eigenvalue weighted by Crippen LogP contribution is 2.43. The Bertz CT molecular complexity index is 463. The van der Waals surface area contributed by atoms with E-state index in [0.29, 0.717) is 11.3 Å². The first-order valence-corrected chi connectivity index (χ1v) is 5.84. The van der Waals surface area contributed by atoms with E-state index >= 15 is 0 Å². The summed E-state index contributed by atoms with van der Waals surface area (Å²) >= 11 is 1.94. The monoisotopic (exact) mass is 204 g/mol. The highest BCUT2D eigenvalue weighted by Gasteiger charge is 2.31. The highest BCUT2D eigenvalue weighted by molar-refractivity contribution is 8.01. The van der Waals surface area contributed by atoms with Crippen LogP contribution in [0.4, 0.5) is 0 Å². The summed E-state index contributed by atoms with van der Waals surface area (Å²) in [4.78, 5) is 3.29. The Hall–Kier alpha value is -0.930. The second-order valence-corrected chi connectivity index (χ2v) is 4.88. The molecule has 2 aromatic rings. The third-order valence-electron chi connectivity index (χ3n) is 2.78. The van der Waals surface area contributed by atoms with Gasteiger partial charge in [0.1, 0.15) is 0 Å².